The Hall–Kier alpha value is -1.45. The molecule has 0 radical (unpaired) electrons. The van der Waals surface area contributed by atoms with E-state index in [1.54, 1.807) is 6.92 Å². The first-order chi connectivity index (χ1) is 6.91. The van der Waals surface area contributed by atoms with Gasteiger partial charge in [0.25, 0.3) is 0 Å². The van der Waals surface area contributed by atoms with Crippen LogP contribution in [0.4, 0.5) is 8.78 Å². The van der Waals surface area contributed by atoms with Crippen LogP contribution in [0.25, 0.3) is 0 Å². The number of nitrogens with one attached hydrogen (secondary N) is 1. The fraction of sp³-hybridized carbons (Fsp3) is 0.364. The lowest BCUT2D eigenvalue weighted by molar-refractivity contribution is -0.119. The van der Waals surface area contributed by atoms with E-state index in [4.69, 9.17) is 0 Å². The van der Waals surface area contributed by atoms with Gasteiger partial charge in [0, 0.05) is 12.5 Å². The number of amides is 1. The minimum Gasteiger partial charge on any atom is -0.350 e. The summed E-state index contributed by atoms with van der Waals surface area (Å²) in [5, 5.41) is 2.44. The summed E-state index contributed by atoms with van der Waals surface area (Å²) >= 11 is 0. The zero-order valence-corrected chi connectivity index (χ0v) is 8.90. The van der Waals surface area contributed by atoms with Crippen molar-refractivity contribution in [2.45, 2.75) is 26.8 Å². The number of hydrogen-bond donors (Lipinski definition) is 1. The summed E-state index contributed by atoms with van der Waals surface area (Å²) in [5.41, 5.74) is 0.416. The first-order valence-electron chi connectivity index (χ1n) is 4.64. The van der Waals surface area contributed by atoms with Crippen molar-refractivity contribution in [2.75, 3.05) is 0 Å². The van der Waals surface area contributed by atoms with E-state index in [1.807, 2.05) is 0 Å². The molecule has 0 saturated heterocycles. The quantitative estimate of drug-likeness (QED) is 0.803. The highest BCUT2D eigenvalue weighted by molar-refractivity contribution is 5.73. The van der Waals surface area contributed by atoms with Crippen LogP contribution in [0.3, 0.4) is 0 Å². The maximum Gasteiger partial charge on any atom is 0.217 e. The lowest BCUT2D eigenvalue weighted by atomic mass is 10.0. The van der Waals surface area contributed by atoms with Gasteiger partial charge in [-0.3, -0.25) is 4.79 Å². The summed E-state index contributed by atoms with van der Waals surface area (Å²) < 4.78 is 26.8. The monoisotopic (exact) mass is 213 g/mol. The molecule has 0 aliphatic rings. The third-order valence-corrected chi connectivity index (χ3v) is 2.08. The molecule has 1 aromatic carbocycles. The number of benzene rings is 1. The molecule has 1 amide bonds. The van der Waals surface area contributed by atoms with Gasteiger partial charge in [0.1, 0.15) is 11.6 Å². The fourth-order valence-corrected chi connectivity index (χ4v) is 1.50. The van der Waals surface area contributed by atoms with Crippen molar-refractivity contribution in [3.63, 3.8) is 0 Å². The molecule has 0 bridgehead atoms. The number of carbonyl (C=O) groups excluding carboxylic acids is 1. The van der Waals surface area contributed by atoms with Crippen molar-refractivity contribution >= 4 is 5.91 Å². The molecule has 0 aliphatic carbocycles. The molecule has 0 fully saturated rings. The largest absolute Gasteiger partial charge is 0.350 e. The van der Waals surface area contributed by atoms with E-state index >= 15 is 0 Å². The molecule has 0 spiro atoms. The molecular formula is C11H13F2NO. The SMILES string of the molecule is CC(=O)N[C@H](C)c1c(F)cc(C)cc1F. The van der Waals surface area contributed by atoms with E-state index in [9.17, 15) is 13.6 Å². The van der Waals surface area contributed by atoms with Crippen LogP contribution in [0.5, 0.6) is 0 Å². The first-order valence-corrected chi connectivity index (χ1v) is 4.64. The second kappa shape index (κ2) is 4.38. The van der Waals surface area contributed by atoms with Crippen molar-refractivity contribution in [3.8, 4) is 0 Å². The smallest absolute Gasteiger partial charge is 0.217 e. The van der Waals surface area contributed by atoms with Crippen LogP contribution in [-0.2, 0) is 4.79 Å². The number of rotatable bonds is 2. The van der Waals surface area contributed by atoms with E-state index in [-0.39, 0.29) is 11.5 Å². The van der Waals surface area contributed by atoms with Crippen LogP contribution in [0, 0.1) is 18.6 Å². The highest BCUT2D eigenvalue weighted by Gasteiger charge is 2.17. The van der Waals surface area contributed by atoms with Gasteiger partial charge >= 0.3 is 0 Å². The molecule has 0 aromatic heterocycles. The summed E-state index contributed by atoms with van der Waals surface area (Å²) in [6.07, 6.45) is 0. The van der Waals surface area contributed by atoms with Crippen LogP contribution in [0.1, 0.15) is 31.0 Å². The number of halogens is 2. The normalized spacial score (nSPS) is 12.3. The lowest BCUT2D eigenvalue weighted by Crippen LogP contribution is -2.25. The van der Waals surface area contributed by atoms with Crippen molar-refractivity contribution in [1.82, 2.24) is 5.32 Å². The predicted molar refractivity (Wildman–Crippen MR) is 53.3 cm³/mol. The molecule has 4 heteroatoms. The van der Waals surface area contributed by atoms with E-state index in [2.05, 4.69) is 5.32 Å². The standard InChI is InChI=1S/C11H13F2NO/c1-6-4-9(12)11(10(13)5-6)7(2)14-8(3)15/h4-5,7H,1-3H3,(H,14,15)/t7-/m1/s1. The molecule has 0 unspecified atom stereocenters. The predicted octanol–water partition coefficient (Wildman–Crippen LogP) is 2.47. The molecule has 0 heterocycles. The van der Waals surface area contributed by atoms with Gasteiger partial charge in [0.05, 0.1) is 6.04 Å². The Morgan fingerprint density at radius 2 is 1.80 bits per heavy atom. The average molecular weight is 213 g/mol. The van der Waals surface area contributed by atoms with Gasteiger partial charge in [0.2, 0.25) is 5.91 Å². The molecule has 15 heavy (non-hydrogen) atoms. The summed E-state index contributed by atoms with van der Waals surface area (Å²) in [7, 11) is 0. The third-order valence-electron chi connectivity index (χ3n) is 2.08. The Balaban J connectivity index is 3.08. The van der Waals surface area contributed by atoms with Gasteiger partial charge in [-0.1, -0.05) is 0 Å². The minimum absolute atomic E-state index is 0.101. The maximum atomic E-state index is 13.4. The van der Waals surface area contributed by atoms with E-state index < -0.39 is 17.7 Å². The van der Waals surface area contributed by atoms with Crippen molar-refractivity contribution in [2.24, 2.45) is 0 Å². The van der Waals surface area contributed by atoms with Gasteiger partial charge in [-0.25, -0.2) is 8.78 Å². The second-order valence-electron chi connectivity index (χ2n) is 3.56. The Morgan fingerprint density at radius 3 is 2.20 bits per heavy atom. The molecule has 1 N–H and O–H groups in total. The highest BCUT2D eigenvalue weighted by Crippen LogP contribution is 2.21. The molecule has 0 saturated carbocycles. The maximum absolute atomic E-state index is 13.4. The summed E-state index contributed by atoms with van der Waals surface area (Å²) in [4.78, 5) is 10.8. The van der Waals surface area contributed by atoms with E-state index in [1.165, 1.54) is 26.0 Å². The highest BCUT2D eigenvalue weighted by atomic mass is 19.1. The van der Waals surface area contributed by atoms with E-state index in [0.717, 1.165) is 0 Å². The van der Waals surface area contributed by atoms with Gasteiger partial charge in [-0.05, 0) is 31.5 Å². The van der Waals surface area contributed by atoms with Crippen molar-refractivity contribution < 1.29 is 13.6 Å². The molecule has 1 rings (SSSR count). The zero-order chi connectivity index (χ0) is 11.6. The van der Waals surface area contributed by atoms with Crippen LogP contribution in [0.15, 0.2) is 12.1 Å². The third kappa shape index (κ3) is 2.75. The van der Waals surface area contributed by atoms with Crippen LogP contribution in [-0.4, -0.2) is 5.91 Å². The van der Waals surface area contributed by atoms with Crippen molar-refractivity contribution in [1.29, 1.82) is 0 Å². The Morgan fingerprint density at radius 1 is 1.33 bits per heavy atom. The molecule has 82 valence electrons. The number of hydrogen-bond acceptors (Lipinski definition) is 1. The van der Waals surface area contributed by atoms with Crippen LogP contribution in [0.2, 0.25) is 0 Å². The van der Waals surface area contributed by atoms with Gasteiger partial charge < -0.3 is 5.32 Å². The van der Waals surface area contributed by atoms with E-state index in [0.29, 0.717) is 5.56 Å². The molecule has 1 atom stereocenters. The first kappa shape index (κ1) is 11.6. The van der Waals surface area contributed by atoms with Crippen LogP contribution >= 0.6 is 0 Å². The average Bonchev–Trinajstić information content (AvgIpc) is 1.99. The zero-order valence-electron chi connectivity index (χ0n) is 8.90. The van der Waals surface area contributed by atoms with Crippen molar-refractivity contribution in [3.05, 3.63) is 34.9 Å². The molecule has 0 aliphatic heterocycles. The van der Waals surface area contributed by atoms with Gasteiger partial charge in [0.15, 0.2) is 0 Å². The Labute approximate surface area is 87.3 Å². The Bertz CT molecular complexity index is 367. The lowest BCUT2D eigenvalue weighted by Gasteiger charge is -2.15. The van der Waals surface area contributed by atoms with Gasteiger partial charge in [-0.2, -0.15) is 0 Å². The fourth-order valence-electron chi connectivity index (χ4n) is 1.50. The number of carbonyl (C=O) groups is 1. The molecule has 1 aromatic rings. The second-order valence-corrected chi connectivity index (χ2v) is 3.56. The number of aryl methyl sites for hydroxylation is 1. The Kier molecular flexibility index (Phi) is 3.39. The summed E-state index contributed by atoms with van der Waals surface area (Å²) in [6.45, 7) is 4.46. The minimum atomic E-state index is -0.664. The van der Waals surface area contributed by atoms with Crippen LogP contribution < -0.4 is 5.32 Å². The molecular weight excluding hydrogens is 200 g/mol. The van der Waals surface area contributed by atoms with Gasteiger partial charge in [-0.15, -0.1) is 0 Å². The molecule has 2 nitrogen and oxygen atoms in total. The summed E-state index contributed by atoms with van der Waals surface area (Å²) in [6, 6.07) is 1.83. The topological polar surface area (TPSA) is 29.1 Å². The summed E-state index contributed by atoms with van der Waals surface area (Å²) in [5.74, 6) is -1.58.